The van der Waals surface area contributed by atoms with E-state index < -0.39 is 10.0 Å². The van der Waals surface area contributed by atoms with Crippen LogP contribution in [0.5, 0.6) is 0 Å². The summed E-state index contributed by atoms with van der Waals surface area (Å²) < 4.78 is 28.5. The van der Waals surface area contributed by atoms with Crippen molar-refractivity contribution in [2.24, 2.45) is 0 Å². The third-order valence-electron chi connectivity index (χ3n) is 3.86. The number of piperidine rings is 1. The lowest BCUT2D eigenvalue weighted by Gasteiger charge is -2.30. The molecule has 2 aromatic rings. The summed E-state index contributed by atoms with van der Waals surface area (Å²) in [5.74, 6) is 0.990. The highest BCUT2D eigenvalue weighted by Gasteiger charge is 2.32. The Balaban J connectivity index is 1.82. The number of rotatable bonds is 4. The summed E-state index contributed by atoms with van der Waals surface area (Å²) in [4.78, 5) is 7.60. The molecule has 3 heterocycles. The van der Waals surface area contributed by atoms with E-state index >= 15 is 0 Å². The number of aryl methyl sites for hydroxylation is 1. The molecule has 0 aromatic carbocycles. The highest BCUT2D eigenvalue weighted by atomic mass is 32.2. The van der Waals surface area contributed by atoms with Crippen LogP contribution >= 0.6 is 0 Å². The summed E-state index contributed by atoms with van der Waals surface area (Å²) in [6.45, 7) is 3.60. The fourth-order valence-electron chi connectivity index (χ4n) is 2.68. The fraction of sp³-hybridized carbons (Fsp3) is 0.538. The average Bonchev–Trinajstić information content (AvgIpc) is 3.19. The summed E-state index contributed by atoms with van der Waals surface area (Å²) >= 11 is 0. The molecule has 2 aromatic heterocycles. The van der Waals surface area contributed by atoms with E-state index in [0.717, 1.165) is 18.7 Å². The summed E-state index contributed by atoms with van der Waals surface area (Å²) in [5.41, 5.74) is 0. The summed E-state index contributed by atoms with van der Waals surface area (Å²) in [7, 11) is -3.47. The normalized spacial score (nSPS) is 20.7. The first-order chi connectivity index (χ1) is 10.1. The summed E-state index contributed by atoms with van der Waals surface area (Å²) in [5, 5.41) is 4.06. The number of imidazole rings is 1. The van der Waals surface area contributed by atoms with Crippen LogP contribution < -0.4 is 0 Å². The molecule has 114 valence electrons. The lowest BCUT2D eigenvalue weighted by Crippen LogP contribution is -2.39. The van der Waals surface area contributed by atoms with Crippen LogP contribution in [-0.2, 0) is 16.6 Å². The van der Waals surface area contributed by atoms with Gasteiger partial charge in [-0.05, 0) is 19.8 Å². The van der Waals surface area contributed by atoms with Crippen molar-refractivity contribution in [3.05, 3.63) is 30.6 Å². The van der Waals surface area contributed by atoms with Gasteiger partial charge in [0, 0.05) is 44.1 Å². The van der Waals surface area contributed by atoms with Gasteiger partial charge in [-0.3, -0.25) is 4.68 Å². The van der Waals surface area contributed by atoms with E-state index in [1.54, 1.807) is 27.6 Å². The first kappa shape index (κ1) is 14.3. The molecule has 1 fully saturated rings. The number of sulfonamides is 1. The van der Waals surface area contributed by atoms with Gasteiger partial charge in [0.05, 0.1) is 6.20 Å². The van der Waals surface area contributed by atoms with Gasteiger partial charge in [0.2, 0.25) is 10.0 Å². The second-order valence-electron chi connectivity index (χ2n) is 5.21. The van der Waals surface area contributed by atoms with E-state index in [0.29, 0.717) is 19.6 Å². The minimum absolute atomic E-state index is 0.129. The molecule has 3 rings (SSSR count). The van der Waals surface area contributed by atoms with Crippen LogP contribution in [0.1, 0.15) is 31.5 Å². The lowest BCUT2D eigenvalue weighted by molar-refractivity contribution is 0.310. The van der Waals surface area contributed by atoms with Gasteiger partial charge in [0.25, 0.3) is 0 Å². The molecule has 1 atom stereocenters. The zero-order valence-corrected chi connectivity index (χ0v) is 12.8. The maximum Gasteiger partial charge on any atom is 0.246 e. The number of aromatic amines is 1. The lowest BCUT2D eigenvalue weighted by atomic mass is 9.99. The molecule has 0 saturated carbocycles. The number of hydrogen-bond donors (Lipinski definition) is 1. The Morgan fingerprint density at radius 1 is 1.48 bits per heavy atom. The van der Waals surface area contributed by atoms with Crippen LogP contribution in [0.2, 0.25) is 0 Å². The molecule has 0 amide bonds. The highest BCUT2D eigenvalue weighted by Crippen LogP contribution is 2.28. The Morgan fingerprint density at radius 2 is 2.33 bits per heavy atom. The Hall–Kier alpha value is -1.67. The fourth-order valence-corrected chi connectivity index (χ4v) is 4.16. The SMILES string of the molecule is CCn1cc(S(=O)(=O)N2CCCC(c3ncc[nH]3)C2)cn1. The van der Waals surface area contributed by atoms with Crippen molar-refractivity contribution in [1.82, 2.24) is 24.1 Å². The van der Waals surface area contributed by atoms with Gasteiger partial charge in [-0.1, -0.05) is 0 Å². The maximum absolute atomic E-state index is 12.7. The van der Waals surface area contributed by atoms with E-state index in [9.17, 15) is 8.42 Å². The topological polar surface area (TPSA) is 83.9 Å². The van der Waals surface area contributed by atoms with Crippen molar-refractivity contribution < 1.29 is 8.42 Å². The molecule has 1 aliphatic heterocycles. The van der Waals surface area contributed by atoms with Crippen molar-refractivity contribution in [3.8, 4) is 0 Å². The molecular weight excluding hydrogens is 290 g/mol. The third-order valence-corrected chi connectivity index (χ3v) is 5.68. The summed E-state index contributed by atoms with van der Waals surface area (Å²) in [6.07, 6.45) is 8.28. The number of nitrogens with zero attached hydrogens (tertiary/aromatic N) is 4. The molecular formula is C13H19N5O2S. The zero-order chi connectivity index (χ0) is 14.9. The molecule has 7 nitrogen and oxygen atoms in total. The van der Waals surface area contributed by atoms with E-state index in [2.05, 4.69) is 15.1 Å². The van der Waals surface area contributed by atoms with Gasteiger partial charge in [0.1, 0.15) is 10.7 Å². The monoisotopic (exact) mass is 309 g/mol. The van der Waals surface area contributed by atoms with Crippen LogP contribution in [-0.4, -0.2) is 45.6 Å². The van der Waals surface area contributed by atoms with Gasteiger partial charge in [0.15, 0.2) is 0 Å². The Morgan fingerprint density at radius 3 is 3.00 bits per heavy atom. The molecule has 0 aliphatic carbocycles. The Bertz CT molecular complexity index is 692. The predicted molar refractivity (Wildman–Crippen MR) is 77.2 cm³/mol. The Labute approximate surface area is 124 Å². The number of aromatic nitrogens is 4. The van der Waals surface area contributed by atoms with Gasteiger partial charge in [-0.2, -0.15) is 9.40 Å². The van der Waals surface area contributed by atoms with Crippen molar-refractivity contribution in [2.45, 2.75) is 37.1 Å². The first-order valence-corrected chi connectivity index (χ1v) is 8.57. The van der Waals surface area contributed by atoms with Gasteiger partial charge >= 0.3 is 0 Å². The quantitative estimate of drug-likeness (QED) is 0.919. The molecule has 1 unspecified atom stereocenters. The highest BCUT2D eigenvalue weighted by molar-refractivity contribution is 7.89. The molecule has 21 heavy (non-hydrogen) atoms. The number of nitrogens with one attached hydrogen (secondary N) is 1. The minimum Gasteiger partial charge on any atom is -0.348 e. The molecule has 1 aliphatic rings. The van der Waals surface area contributed by atoms with Gasteiger partial charge < -0.3 is 4.98 Å². The molecule has 0 radical (unpaired) electrons. The second kappa shape index (κ2) is 5.61. The van der Waals surface area contributed by atoms with Crippen molar-refractivity contribution in [2.75, 3.05) is 13.1 Å². The standard InChI is InChI=1S/C13H19N5O2S/c1-2-17-10-12(8-16-17)21(19,20)18-7-3-4-11(9-18)13-14-5-6-15-13/h5-6,8,10-11H,2-4,7,9H2,1H3,(H,14,15). The van der Waals surface area contributed by atoms with Crippen molar-refractivity contribution in [1.29, 1.82) is 0 Å². The first-order valence-electron chi connectivity index (χ1n) is 7.13. The van der Waals surface area contributed by atoms with Crippen LogP contribution in [0.4, 0.5) is 0 Å². The zero-order valence-electron chi connectivity index (χ0n) is 11.9. The number of hydrogen-bond acceptors (Lipinski definition) is 4. The molecule has 1 N–H and O–H groups in total. The van der Waals surface area contributed by atoms with Crippen molar-refractivity contribution in [3.63, 3.8) is 0 Å². The molecule has 0 bridgehead atoms. The molecule has 1 saturated heterocycles. The van der Waals surface area contributed by atoms with E-state index in [-0.39, 0.29) is 10.8 Å². The van der Waals surface area contributed by atoms with Crippen LogP contribution in [0.25, 0.3) is 0 Å². The largest absolute Gasteiger partial charge is 0.348 e. The Kier molecular flexibility index (Phi) is 3.81. The van der Waals surface area contributed by atoms with E-state index in [1.165, 1.54) is 6.20 Å². The molecule has 8 heteroatoms. The van der Waals surface area contributed by atoms with E-state index in [4.69, 9.17) is 0 Å². The second-order valence-corrected chi connectivity index (χ2v) is 7.15. The third kappa shape index (κ3) is 2.73. The average molecular weight is 309 g/mol. The predicted octanol–water partition coefficient (Wildman–Crippen LogP) is 1.19. The van der Waals surface area contributed by atoms with Gasteiger partial charge in [-0.15, -0.1) is 0 Å². The van der Waals surface area contributed by atoms with Crippen molar-refractivity contribution >= 4 is 10.0 Å². The van der Waals surface area contributed by atoms with Crippen LogP contribution in [0.15, 0.2) is 29.7 Å². The van der Waals surface area contributed by atoms with E-state index in [1.807, 2.05) is 6.92 Å². The minimum atomic E-state index is -3.47. The molecule has 0 spiro atoms. The van der Waals surface area contributed by atoms with Crippen LogP contribution in [0.3, 0.4) is 0 Å². The smallest absolute Gasteiger partial charge is 0.246 e. The van der Waals surface area contributed by atoms with Gasteiger partial charge in [-0.25, -0.2) is 13.4 Å². The van der Waals surface area contributed by atoms with Crippen LogP contribution in [0, 0.1) is 0 Å². The maximum atomic E-state index is 12.7. The summed E-state index contributed by atoms with van der Waals surface area (Å²) in [6, 6.07) is 0. The number of H-pyrrole nitrogens is 1.